The van der Waals surface area contributed by atoms with Crippen LogP contribution in [0.3, 0.4) is 0 Å². The van der Waals surface area contributed by atoms with Crippen LogP contribution in [0.2, 0.25) is 0 Å². The van der Waals surface area contributed by atoms with E-state index in [1.165, 1.54) is 20.8 Å². The van der Waals surface area contributed by atoms with E-state index in [0.717, 1.165) is 25.7 Å². The van der Waals surface area contributed by atoms with E-state index in [4.69, 9.17) is 28.4 Å². The lowest BCUT2D eigenvalue weighted by Gasteiger charge is -2.33. The Labute approximate surface area is 266 Å². The van der Waals surface area contributed by atoms with Crippen LogP contribution in [0.15, 0.2) is 0 Å². The molecule has 0 saturated carbocycles. The van der Waals surface area contributed by atoms with Crippen molar-refractivity contribution in [3.05, 3.63) is 0 Å². The van der Waals surface area contributed by atoms with Crippen LogP contribution in [0.4, 0.5) is 0 Å². The zero-order chi connectivity index (χ0) is 31.5. The van der Waals surface area contributed by atoms with Gasteiger partial charge in [0.25, 0.3) is 0 Å². The summed E-state index contributed by atoms with van der Waals surface area (Å²) in [5.41, 5.74) is -0.593. The molecular formula is C31H67NO12. The van der Waals surface area contributed by atoms with Crippen LogP contribution in [0.25, 0.3) is 0 Å². The molecular weight excluding hydrogens is 578 g/mol. The number of hydrogen-bond acceptors (Lipinski definition) is 10. The third-order valence-electron chi connectivity index (χ3n) is 6.65. The molecule has 0 atom stereocenters. The van der Waals surface area contributed by atoms with Gasteiger partial charge in [-0.15, -0.1) is 0 Å². The van der Waals surface area contributed by atoms with Crippen molar-refractivity contribution >= 4 is 17.3 Å². The monoisotopic (exact) mass is 645 g/mol. The molecule has 0 aromatic heterocycles. The molecule has 0 rings (SSSR count). The summed E-state index contributed by atoms with van der Waals surface area (Å²) in [6.45, 7) is 16.3. The third-order valence-corrected chi connectivity index (χ3v) is 6.65. The summed E-state index contributed by atoms with van der Waals surface area (Å²) in [5, 5.41) is 3.15. The summed E-state index contributed by atoms with van der Waals surface area (Å²) in [6, 6.07) is 0. The van der Waals surface area contributed by atoms with Crippen molar-refractivity contribution in [2.75, 3.05) is 67.0 Å². The second-order valence-corrected chi connectivity index (χ2v) is 10.4. The van der Waals surface area contributed by atoms with Crippen LogP contribution in [-0.2, 0) is 42.8 Å². The molecule has 0 bridgehead atoms. The first-order chi connectivity index (χ1) is 19.5. The number of rotatable bonds is 27. The molecule has 7 N–H and O–H groups in total. The molecule has 0 saturated heterocycles. The average Bonchev–Trinajstić information content (AvgIpc) is 2.95. The van der Waals surface area contributed by atoms with Gasteiger partial charge in [0.05, 0.1) is 70.6 Å². The lowest BCUT2D eigenvalue weighted by Crippen LogP contribution is -2.55. The minimum atomic E-state index is -0.593. The summed E-state index contributed by atoms with van der Waals surface area (Å²) < 4.78 is 33.7. The zero-order valence-electron chi connectivity index (χ0n) is 29.0. The number of nitrogens with one attached hydrogen (secondary N) is 1. The fourth-order valence-electron chi connectivity index (χ4n) is 3.51. The molecule has 268 valence electrons. The highest BCUT2D eigenvalue weighted by atomic mass is 16.6. The van der Waals surface area contributed by atoms with Crippen molar-refractivity contribution in [3.63, 3.8) is 0 Å². The SMILES string of the molecule is CCC(CC)OCC(COC(CC)CC)OC.CNC(COCCC(C)=O)(COCCC(C)=O)COCCC(C)=O.O.O.O. The molecule has 0 amide bonds. The van der Waals surface area contributed by atoms with Gasteiger partial charge in [0.1, 0.15) is 23.5 Å². The van der Waals surface area contributed by atoms with E-state index in [2.05, 4.69) is 33.0 Å². The first kappa shape index (κ1) is 52.2. The van der Waals surface area contributed by atoms with Crippen LogP contribution in [-0.4, -0.2) is 125 Å². The van der Waals surface area contributed by atoms with Crippen LogP contribution in [0.1, 0.15) is 93.4 Å². The predicted octanol–water partition coefficient (Wildman–Crippen LogP) is 1.87. The van der Waals surface area contributed by atoms with Gasteiger partial charge in [0, 0.05) is 26.4 Å². The molecule has 13 nitrogen and oxygen atoms in total. The second kappa shape index (κ2) is 34.5. The van der Waals surface area contributed by atoms with E-state index in [9.17, 15) is 14.4 Å². The molecule has 0 aromatic carbocycles. The standard InChI is InChI=1S/C17H31NO6.C14H30O3.3H2O/c1-14(19)5-8-22-11-17(18-4,12-23-9-6-15(2)20)13-24-10-7-16(3)21;1-6-12(7-2)16-10-14(15-5)11-17-13(8-3)9-4;;;/h18H,5-13H2,1-4H3;12-14H,6-11H2,1-5H3;3*1H2. The van der Waals surface area contributed by atoms with Crippen LogP contribution in [0.5, 0.6) is 0 Å². The number of carbonyl (C=O) groups excluding carboxylic acids is 3. The number of hydrogen-bond donors (Lipinski definition) is 1. The van der Waals surface area contributed by atoms with Gasteiger partial charge in [-0.05, 0) is 53.5 Å². The van der Waals surface area contributed by atoms with Crippen molar-refractivity contribution < 1.29 is 59.2 Å². The van der Waals surface area contributed by atoms with E-state index in [-0.39, 0.29) is 39.9 Å². The molecule has 0 aromatic rings. The Kier molecular flexibility index (Phi) is 40.9. The smallest absolute Gasteiger partial charge is 0.132 e. The van der Waals surface area contributed by atoms with Gasteiger partial charge in [0.2, 0.25) is 0 Å². The zero-order valence-corrected chi connectivity index (χ0v) is 29.0. The maximum Gasteiger partial charge on any atom is 0.132 e. The largest absolute Gasteiger partial charge is 0.412 e. The maximum atomic E-state index is 11.0. The quantitative estimate of drug-likeness (QED) is 0.128. The first-order valence-corrected chi connectivity index (χ1v) is 15.2. The predicted molar refractivity (Wildman–Crippen MR) is 172 cm³/mol. The first-order valence-electron chi connectivity index (χ1n) is 15.2. The summed E-state index contributed by atoms with van der Waals surface area (Å²) in [7, 11) is 3.49. The molecule has 0 aliphatic heterocycles. The van der Waals surface area contributed by atoms with Crippen LogP contribution >= 0.6 is 0 Å². The van der Waals surface area contributed by atoms with Gasteiger partial charge in [-0.2, -0.15) is 0 Å². The van der Waals surface area contributed by atoms with Gasteiger partial charge >= 0.3 is 0 Å². The minimum Gasteiger partial charge on any atom is -0.412 e. The number of ether oxygens (including phenoxy) is 6. The molecule has 0 spiro atoms. The van der Waals surface area contributed by atoms with Crippen molar-refractivity contribution in [1.29, 1.82) is 0 Å². The lowest BCUT2D eigenvalue weighted by atomic mass is 10.0. The maximum absolute atomic E-state index is 11.0. The number of carbonyl (C=O) groups is 3. The summed E-state index contributed by atoms with van der Waals surface area (Å²) in [6.07, 6.45) is 6.04. The molecule has 0 unspecified atom stereocenters. The summed E-state index contributed by atoms with van der Waals surface area (Å²) in [5.74, 6) is 0.210. The minimum absolute atomic E-state index is 0. The highest BCUT2D eigenvalue weighted by Crippen LogP contribution is 2.10. The van der Waals surface area contributed by atoms with Crippen molar-refractivity contribution in [1.82, 2.24) is 5.32 Å². The highest BCUT2D eigenvalue weighted by Gasteiger charge is 2.30. The third kappa shape index (κ3) is 30.6. The van der Waals surface area contributed by atoms with E-state index in [1.54, 1.807) is 14.2 Å². The number of methoxy groups -OCH3 is 1. The number of Topliss-reactive ketones (excluding diaryl/α,β-unsaturated/α-hetero) is 3. The fraction of sp³-hybridized carbons (Fsp3) is 0.903. The topological polar surface area (TPSA) is 213 Å². The molecule has 13 heteroatoms. The highest BCUT2D eigenvalue weighted by molar-refractivity contribution is 5.76. The van der Waals surface area contributed by atoms with Gasteiger partial charge in [-0.25, -0.2) is 0 Å². The Bertz CT molecular complexity index is 587. The Morgan fingerprint density at radius 3 is 1.09 bits per heavy atom. The van der Waals surface area contributed by atoms with Gasteiger partial charge in [-0.3, -0.25) is 14.4 Å². The Balaban J connectivity index is -0.000000227. The molecule has 0 aliphatic carbocycles. The van der Waals surface area contributed by atoms with E-state index in [1.807, 2.05) is 0 Å². The van der Waals surface area contributed by atoms with E-state index < -0.39 is 5.54 Å². The normalized spacial score (nSPS) is 10.9. The molecule has 0 fully saturated rings. The van der Waals surface area contributed by atoms with Crippen molar-refractivity contribution in [2.24, 2.45) is 0 Å². The van der Waals surface area contributed by atoms with Gasteiger partial charge in [0.15, 0.2) is 0 Å². The van der Waals surface area contributed by atoms with E-state index in [0.29, 0.717) is 84.3 Å². The molecule has 0 radical (unpaired) electrons. The fourth-order valence-corrected chi connectivity index (χ4v) is 3.51. The van der Waals surface area contributed by atoms with Crippen LogP contribution in [0, 0.1) is 0 Å². The molecule has 0 heterocycles. The Morgan fingerprint density at radius 2 is 0.886 bits per heavy atom. The van der Waals surface area contributed by atoms with Gasteiger partial charge in [-0.1, -0.05) is 27.7 Å². The van der Waals surface area contributed by atoms with Gasteiger partial charge < -0.3 is 50.2 Å². The van der Waals surface area contributed by atoms with Crippen molar-refractivity contribution in [2.45, 2.75) is 117 Å². The average molecular weight is 646 g/mol. The van der Waals surface area contributed by atoms with Crippen molar-refractivity contribution in [3.8, 4) is 0 Å². The lowest BCUT2D eigenvalue weighted by molar-refractivity contribution is -0.118. The second-order valence-electron chi connectivity index (χ2n) is 10.4. The molecule has 0 aliphatic rings. The molecule has 44 heavy (non-hydrogen) atoms. The number of ketones is 3. The number of likely N-dealkylation sites (N-methyl/N-ethyl adjacent to an activating group) is 1. The summed E-state index contributed by atoms with van der Waals surface area (Å²) in [4.78, 5) is 32.9. The van der Waals surface area contributed by atoms with E-state index >= 15 is 0 Å². The Hall–Kier alpha value is -1.39. The summed E-state index contributed by atoms with van der Waals surface area (Å²) >= 11 is 0. The van der Waals surface area contributed by atoms with Crippen LogP contribution < -0.4 is 5.32 Å². The Morgan fingerprint density at radius 1 is 0.591 bits per heavy atom.